The molecule has 0 N–H and O–H groups in total. The van der Waals surface area contributed by atoms with Gasteiger partial charge in [0.25, 0.3) is 5.91 Å². The first kappa shape index (κ1) is 15.3. The van der Waals surface area contributed by atoms with Crippen molar-refractivity contribution in [2.45, 2.75) is 25.9 Å². The van der Waals surface area contributed by atoms with Gasteiger partial charge in [-0.2, -0.15) is 0 Å². The predicted octanol–water partition coefficient (Wildman–Crippen LogP) is 4.72. The third kappa shape index (κ3) is 2.83. The van der Waals surface area contributed by atoms with Gasteiger partial charge in [0.1, 0.15) is 5.82 Å². The molecule has 114 valence electrons. The molecule has 22 heavy (non-hydrogen) atoms. The summed E-state index contributed by atoms with van der Waals surface area (Å²) in [7, 11) is 0. The lowest BCUT2D eigenvalue weighted by molar-refractivity contribution is 0.0717. The van der Waals surface area contributed by atoms with E-state index in [1.54, 1.807) is 4.90 Å². The molecule has 1 aliphatic heterocycles. The summed E-state index contributed by atoms with van der Waals surface area (Å²) in [5.41, 5.74) is 2.17. The van der Waals surface area contributed by atoms with Gasteiger partial charge in [0.05, 0.1) is 10.6 Å². The molecule has 1 unspecified atom stereocenters. The van der Waals surface area contributed by atoms with Gasteiger partial charge in [0.15, 0.2) is 0 Å². The minimum atomic E-state index is -0.413. The van der Waals surface area contributed by atoms with Gasteiger partial charge >= 0.3 is 0 Å². The maximum atomic E-state index is 13.4. The molecular weight excluding hydrogens is 324 g/mol. The number of hydrogen-bond acceptors (Lipinski definition) is 1. The van der Waals surface area contributed by atoms with Crippen molar-refractivity contribution >= 4 is 29.1 Å². The van der Waals surface area contributed by atoms with E-state index in [0.29, 0.717) is 29.1 Å². The number of rotatable bonds is 3. The van der Waals surface area contributed by atoms with Gasteiger partial charge in [0, 0.05) is 17.6 Å². The van der Waals surface area contributed by atoms with E-state index in [1.165, 1.54) is 12.1 Å². The number of carbonyl (C=O) groups is 1. The maximum Gasteiger partial charge on any atom is 0.256 e. The van der Waals surface area contributed by atoms with Crippen LogP contribution in [0.5, 0.6) is 0 Å². The van der Waals surface area contributed by atoms with Gasteiger partial charge in [-0.3, -0.25) is 4.79 Å². The molecule has 0 aromatic heterocycles. The van der Waals surface area contributed by atoms with Crippen LogP contribution in [0, 0.1) is 5.82 Å². The first-order valence-corrected chi connectivity index (χ1v) is 7.74. The molecule has 0 radical (unpaired) electrons. The van der Waals surface area contributed by atoms with Crippen molar-refractivity contribution in [1.82, 2.24) is 4.90 Å². The molecule has 0 aliphatic carbocycles. The normalized spacial score (nSPS) is 15.1. The van der Waals surface area contributed by atoms with Crippen molar-refractivity contribution in [2.75, 3.05) is 0 Å². The highest BCUT2D eigenvalue weighted by atomic mass is 35.5. The topological polar surface area (TPSA) is 20.3 Å². The number of hydrogen-bond donors (Lipinski definition) is 0. The molecule has 1 atom stereocenters. The first-order chi connectivity index (χ1) is 10.5. The lowest BCUT2D eigenvalue weighted by Gasteiger charge is -2.24. The van der Waals surface area contributed by atoms with Crippen molar-refractivity contribution in [3.63, 3.8) is 0 Å². The second-order valence-electron chi connectivity index (χ2n) is 5.53. The van der Waals surface area contributed by atoms with Gasteiger partial charge in [-0.1, -0.05) is 35.3 Å². The third-order valence-electron chi connectivity index (χ3n) is 3.93. The Balaban J connectivity index is 1.80. The Bertz CT molecular complexity index is 730. The van der Waals surface area contributed by atoms with Crippen LogP contribution >= 0.6 is 23.2 Å². The van der Waals surface area contributed by atoms with E-state index in [9.17, 15) is 9.18 Å². The predicted molar refractivity (Wildman–Crippen MR) is 85.9 cm³/mol. The number of nitrogens with zero attached hydrogens (tertiary/aromatic N) is 1. The van der Waals surface area contributed by atoms with E-state index >= 15 is 0 Å². The zero-order chi connectivity index (χ0) is 15.9. The van der Waals surface area contributed by atoms with Gasteiger partial charge in [-0.15, -0.1) is 0 Å². The Hall–Kier alpha value is -1.58. The van der Waals surface area contributed by atoms with E-state index in [2.05, 4.69) is 0 Å². The van der Waals surface area contributed by atoms with Gasteiger partial charge in [-0.25, -0.2) is 4.39 Å². The summed E-state index contributed by atoms with van der Waals surface area (Å²) >= 11 is 11.9. The van der Waals surface area contributed by atoms with Crippen molar-refractivity contribution in [3.8, 4) is 0 Å². The van der Waals surface area contributed by atoms with Crippen LogP contribution in [0.1, 0.15) is 28.4 Å². The average Bonchev–Trinajstić information content (AvgIpc) is 2.78. The summed E-state index contributed by atoms with van der Waals surface area (Å²) in [5.74, 6) is -0.551. The molecular formula is C17H14Cl2FNO. The highest BCUT2D eigenvalue weighted by molar-refractivity contribution is 6.34. The standard InChI is InChI=1S/C17H14Cl2FNO/c1-10(6-11-2-4-13(18)5-3-11)21-9-12-7-14(20)8-15(19)16(12)17(21)22/h2-5,7-8,10H,6,9H2,1H3. The fourth-order valence-corrected chi connectivity index (χ4v) is 3.25. The molecule has 0 saturated carbocycles. The monoisotopic (exact) mass is 337 g/mol. The van der Waals surface area contributed by atoms with Crippen LogP contribution in [0.15, 0.2) is 36.4 Å². The fourth-order valence-electron chi connectivity index (χ4n) is 2.82. The summed E-state index contributed by atoms with van der Waals surface area (Å²) in [4.78, 5) is 14.2. The molecule has 2 aromatic carbocycles. The number of carbonyl (C=O) groups excluding carboxylic acids is 1. The van der Waals surface area contributed by atoms with Crippen LogP contribution < -0.4 is 0 Å². The average molecular weight is 338 g/mol. The van der Waals surface area contributed by atoms with Crippen LogP contribution in [0.2, 0.25) is 10.0 Å². The molecule has 3 rings (SSSR count). The molecule has 1 amide bonds. The Morgan fingerprint density at radius 1 is 1.23 bits per heavy atom. The Labute approximate surface area is 138 Å². The minimum absolute atomic E-state index is 0.0137. The smallest absolute Gasteiger partial charge is 0.256 e. The molecule has 0 fully saturated rings. The summed E-state index contributed by atoms with van der Waals surface area (Å²) in [6.07, 6.45) is 0.705. The quantitative estimate of drug-likeness (QED) is 0.793. The van der Waals surface area contributed by atoms with Crippen molar-refractivity contribution in [3.05, 3.63) is 69.0 Å². The number of amides is 1. The van der Waals surface area contributed by atoms with Gasteiger partial charge < -0.3 is 4.90 Å². The third-order valence-corrected chi connectivity index (χ3v) is 4.48. The van der Waals surface area contributed by atoms with Gasteiger partial charge in [0.2, 0.25) is 0 Å². The van der Waals surface area contributed by atoms with Gasteiger partial charge in [-0.05, 0) is 48.7 Å². The van der Waals surface area contributed by atoms with E-state index in [0.717, 1.165) is 5.56 Å². The van der Waals surface area contributed by atoms with Crippen LogP contribution in [0.4, 0.5) is 4.39 Å². The zero-order valence-electron chi connectivity index (χ0n) is 11.9. The SMILES string of the molecule is CC(Cc1ccc(Cl)cc1)N1Cc2cc(F)cc(Cl)c2C1=O. The Morgan fingerprint density at radius 3 is 2.59 bits per heavy atom. The summed E-state index contributed by atoms with van der Waals surface area (Å²) < 4.78 is 13.4. The van der Waals surface area contributed by atoms with Crippen LogP contribution in [0.25, 0.3) is 0 Å². The molecule has 0 bridgehead atoms. The van der Waals surface area contributed by atoms with Crippen LogP contribution in [-0.2, 0) is 13.0 Å². The molecule has 1 heterocycles. The number of fused-ring (bicyclic) bond motifs is 1. The lowest BCUT2D eigenvalue weighted by atomic mass is 10.1. The second-order valence-corrected chi connectivity index (χ2v) is 6.38. The fraction of sp³-hybridized carbons (Fsp3) is 0.235. The number of halogens is 3. The minimum Gasteiger partial charge on any atom is -0.331 e. The van der Waals surface area contributed by atoms with Crippen LogP contribution in [0.3, 0.4) is 0 Å². The highest BCUT2D eigenvalue weighted by Gasteiger charge is 2.33. The van der Waals surface area contributed by atoms with Crippen molar-refractivity contribution in [2.24, 2.45) is 0 Å². The molecule has 0 spiro atoms. The number of benzene rings is 2. The Morgan fingerprint density at radius 2 is 1.91 bits per heavy atom. The van der Waals surface area contributed by atoms with E-state index in [4.69, 9.17) is 23.2 Å². The maximum absolute atomic E-state index is 13.4. The molecule has 2 nitrogen and oxygen atoms in total. The molecule has 5 heteroatoms. The van der Waals surface area contributed by atoms with Crippen molar-refractivity contribution in [1.29, 1.82) is 0 Å². The largest absolute Gasteiger partial charge is 0.331 e. The summed E-state index contributed by atoms with van der Waals surface area (Å²) in [6.45, 7) is 2.36. The molecule has 2 aromatic rings. The first-order valence-electron chi connectivity index (χ1n) is 6.99. The summed E-state index contributed by atoms with van der Waals surface area (Å²) in [5, 5.41) is 0.865. The molecule has 1 aliphatic rings. The van der Waals surface area contributed by atoms with E-state index in [-0.39, 0.29) is 17.0 Å². The second kappa shape index (κ2) is 5.90. The lowest BCUT2D eigenvalue weighted by Crippen LogP contribution is -2.34. The zero-order valence-corrected chi connectivity index (χ0v) is 13.5. The summed E-state index contributed by atoms with van der Waals surface area (Å²) in [6, 6.07) is 10.1. The highest BCUT2D eigenvalue weighted by Crippen LogP contribution is 2.32. The Kier molecular flexibility index (Phi) is 4.11. The van der Waals surface area contributed by atoms with Crippen LogP contribution in [-0.4, -0.2) is 16.8 Å². The van der Waals surface area contributed by atoms with E-state index in [1.807, 2.05) is 31.2 Å². The van der Waals surface area contributed by atoms with E-state index < -0.39 is 5.82 Å². The molecule has 0 saturated heterocycles. The van der Waals surface area contributed by atoms with Crippen molar-refractivity contribution < 1.29 is 9.18 Å².